The number of hydrogen-bond acceptors (Lipinski definition) is 6. The van der Waals surface area contributed by atoms with Crippen LogP contribution in [0.4, 0.5) is 11.4 Å². The summed E-state index contributed by atoms with van der Waals surface area (Å²) in [6.45, 7) is 5.48. The van der Waals surface area contributed by atoms with Crippen LogP contribution in [0.5, 0.6) is 0 Å². The van der Waals surface area contributed by atoms with Gasteiger partial charge in [-0.15, -0.1) is 0 Å². The predicted molar refractivity (Wildman–Crippen MR) is 118 cm³/mol. The number of Topliss-reactive ketones (excluding diaryl/α,β-unsaturated/α-hetero) is 1. The Morgan fingerprint density at radius 2 is 1.43 bits per heavy atom. The number of anilines is 2. The molecule has 0 amide bonds. The van der Waals surface area contributed by atoms with Crippen molar-refractivity contribution in [1.29, 1.82) is 0 Å². The third-order valence-electron chi connectivity index (χ3n) is 4.61. The van der Waals surface area contributed by atoms with Crippen LogP contribution in [0.25, 0.3) is 0 Å². The molecule has 0 unspecified atom stereocenters. The highest BCUT2D eigenvalue weighted by Crippen LogP contribution is 2.31. The molecule has 2 aromatic carbocycles. The van der Waals surface area contributed by atoms with Gasteiger partial charge in [0.05, 0.1) is 21.2 Å². The van der Waals surface area contributed by atoms with Crippen molar-refractivity contribution in [2.75, 3.05) is 36.8 Å². The fourth-order valence-electron chi connectivity index (χ4n) is 2.93. The first-order valence-corrected chi connectivity index (χ1v) is 12.3. The number of carbonyl (C=O) groups excluding carboxylic acids is 1. The van der Waals surface area contributed by atoms with Crippen LogP contribution in [-0.2, 0) is 20.0 Å². The van der Waals surface area contributed by atoms with Gasteiger partial charge in [-0.1, -0.05) is 26.0 Å². The van der Waals surface area contributed by atoms with Crippen molar-refractivity contribution in [3.8, 4) is 0 Å². The van der Waals surface area contributed by atoms with Gasteiger partial charge in [-0.3, -0.25) is 9.52 Å². The summed E-state index contributed by atoms with van der Waals surface area (Å²) in [5, 5.41) is 0. The number of sulfonamides is 2. The minimum atomic E-state index is -4.00. The van der Waals surface area contributed by atoms with Crippen molar-refractivity contribution >= 4 is 37.2 Å². The molecule has 0 aliphatic carbocycles. The molecule has 0 aliphatic heterocycles. The van der Waals surface area contributed by atoms with E-state index < -0.39 is 20.0 Å². The van der Waals surface area contributed by atoms with Crippen LogP contribution in [-0.4, -0.2) is 54.1 Å². The highest BCUT2D eigenvalue weighted by molar-refractivity contribution is 7.92. The molecule has 30 heavy (non-hydrogen) atoms. The Kier molecular flexibility index (Phi) is 7.27. The molecular weight excluding hydrogens is 426 g/mol. The summed E-state index contributed by atoms with van der Waals surface area (Å²) in [5.41, 5.74) is 1.05. The number of benzene rings is 2. The normalized spacial score (nSPS) is 12.1. The van der Waals surface area contributed by atoms with Crippen molar-refractivity contribution in [1.82, 2.24) is 4.31 Å². The summed E-state index contributed by atoms with van der Waals surface area (Å²) in [7, 11) is -4.30. The average molecular weight is 454 g/mol. The Bertz CT molecular complexity index is 1120. The molecule has 0 aromatic heterocycles. The lowest BCUT2D eigenvalue weighted by Gasteiger charge is -2.22. The topological polar surface area (TPSA) is 104 Å². The SMILES string of the molecule is CCN(CC)S(=O)(=O)c1ccc(N(C)C)c(NS(=O)(=O)c2ccc(C(C)=O)cc2)c1. The third-order valence-corrected chi connectivity index (χ3v) is 8.04. The Morgan fingerprint density at radius 3 is 1.90 bits per heavy atom. The minimum absolute atomic E-state index is 0.00132. The molecule has 0 spiro atoms. The van der Waals surface area contributed by atoms with Gasteiger partial charge < -0.3 is 4.90 Å². The average Bonchev–Trinajstić information content (AvgIpc) is 2.68. The first kappa shape index (κ1) is 23.8. The van der Waals surface area contributed by atoms with Crippen LogP contribution in [0.15, 0.2) is 52.3 Å². The maximum absolute atomic E-state index is 12.9. The molecule has 2 rings (SSSR count). The molecule has 0 fully saturated rings. The van der Waals surface area contributed by atoms with Crippen molar-refractivity contribution in [2.45, 2.75) is 30.6 Å². The zero-order valence-corrected chi connectivity index (χ0v) is 19.3. The third kappa shape index (κ3) is 5.00. The van der Waals surface area contributed by atoms with Gasteiger partial charge in [-0.25, -0.2) is 16.8 Å². The van der Waals surface area contributed by atoms with E-state index in [-0.39, 0.29) is 21.3 Å². The number of rotatable bonds is 9. The summed E-state index contributed by atoms with van der Waals surface area (Å²) in [5.74, 6) is -0.170. The summed E-state index contributed by atoms with van der Waals surface area (Å²) in [4.78, 5) is 13.1. The van der Waals surface area contributed by atoms with Crippen molar-refractivity contribution in [2.24, 2.45) is 0 Å². The second-order valence-electron chi connectivity index (χ2n) is 6.85. The van der Waals surface area contributed by atoms with Gasteiger partial charge in [0.2, 0.25) is 10.0 Å². The van der Waals surface area contributed by atoms with E-state index in [1.165, 1.54) is 47.6 Å². The van der Waals surface area contributed by atoms with Gasteiger partial charge in [0.25, 0.3) is 10.0 Å². The lowest BCUT2D eigenvalue weighted by atomic mass is 10.2. The molecule has 164 valence electrons. The maximum atomic E-state index is 12.9. The van der Waals surface area contributed by atoms with Crippen LogP contribution in [0.2, 0.25) is 0 Å². The first-order chi connectivity index (χ1) is 13.9. The molecular formula is C20H27N3O5S2. The number of ketones is 1. The molecule has 0 aliphatic rings. The highest BCUT2D eigenvalue weighted by Gasteiger charge is 2.24. The van der Waals surface area contributed by atoms with E-state index in [1.54, 1.807) is 38.9 Å². The summed E-state index contributed by atoms with van der Waals surface area (Å²) >= 11 is 0. The van der Waals surface area contributed by atoms with E-state index in [2.05, 4.69) is 4.72 Å². The maximum Gasteiger partial charge on any atom is 0.261 e. The summed E-state index contributed by atoms with van der Waals surface area (Å²) in [6.07, 6.45) is 0. The second kappa shape index (κ2) is 9.15. The van der Waals surface area contributed by atoms with E-state index in [0.29, 0.717) is 24.3 Å². The summed E-state index contributed by atoms with van der Waals surface area (Å²) in [6, 6.07) is 9.89. The van der Waals surface area contributed by atoms with E-state index in [4.69, 9.17) is 0 Å². The number of hydrogen-bond donors (Lipinski definition) is 1. The van der Waals surface area contributed by atoms with Gasteiger partial charge in [0, 0.05) is 32.7 Å². The van der Waals surface area contributed by atoms with Gasteiger partial charge in [0.1, 0.15) is 0 Å². The van der Waals surface area contributed by atoms with Gasteiger partial charge >= 0.3 is 0 Å². The monoisotopic (exact) mass is 453 g/mol. The van der Waals surface area contributed by atoms with E-state index in [1.807, 2.05) is 0 Å². The van der Waals surface area contributed by atoms with Crippen LogP contribution in [0, 0.1) is 0 Å². The molecule has 8 nitrogen and oxygen atoms in total. The molecule has 0 saturated heterocycles. The van der Waals surface area contributed by atoms with Crippen LogP contribution < -0.4 is 9.62 Å². The first-order valence-electron chi connectivity index (χ1n) is 9.39. The molecule has 0 atom stereocenters. The quantitative estimate of drug-likeness (QED) is 0.586. The molecule has 0 radical (unpaired) electrons. The van der Waals surface area contributed by atoms with E-state index in [9.17, 15) is 21.6 Å². The smallest absolute Gasteiger partial charge is 0.261 e. The molecule has 10 heteroatoms. The predicted octanol–water partition coefficient (Wildman–Crippen LogP) is 2.79. The molecule has 0 bridgehead atoms. The zero-order chi connectivity index (χ0) is 22.7. The van der Waals surface area contributed by atoms with Crippen LogP contribution in [0.3, 0.4) is 0 Å². The van der Waals surface area contributed by atoms with Gasteiger partial charge in [-0.2, -0.15) is 4.31 Å². The Labute approximate surface area is 178 Å². The van der Waals surface area contributed by atoms with Crippen molar-refractivity contribution < 1.29 is 21.6 Å². The van der Waals surface area contributed by atoms with Crippen LogP contribution >= 0.6 is 0 Å². The van der Waals surface area contributed by atoms with Crippen LogP contribution in [0.1, 0.15) is 31.1 Å². The number of nitrogens with zero attached hydrogens (tertiary/aromatic N) is 2. The Balaban J connectivity index is 2.52. The Hall–Kier alpha value is -2.43. The summed E-state index contributed by atoms with van der Waals surface area (Å²) < 4.78 is 55.3. The Morgan fingerprint density at radius 1 is 0.900 bits per heavy atom. The van der Waals surface area contributed by atoms with Crippen molar-refractivity contribution in [3.05, 3.63) is 48.0 Å². The minimum Gasteiger partial charge on any atom is -0.376 e. The standard InChI is InChI=1S/C20H27N3O5S2/c1-6-23(7-2)30(27,28)18-12-13-20(22(4)5)19(14-18)21-29(25,26)17-10-8-16(9-11-17)15(3)24/h8-14,21H,6-7H2,1-5H3. The van der Waals surface area contributed by atoms with E-state index >= 15 is 0 Å². The lowest BCUT2D eigenvalue weighted by molar-refractivity contribution is 0.101. The molecule has 0 heterocycles. The fourth-order valence-corrected chi connectivity index (χ4v) is 5.48. The number of nitrogens with one attached hydrogen (secondary N) is 1. The largest absolute Gasteiger partial charge is 0.376 e. The highest BCUT2D eigenvalue weighted by atomic mass is 32.2. The second-order valence-corrected chi connectivity index (χ2v) is 10.5. The van der Waals surface area contributed by atoms with Gasteiger partial charge in [-0.05, 0) is 37.3 Å². The van der Waals surface area contributed by atoms with E-state index in [0.717, 1.165) is 0 Å². The van der Waals surface area contributed by atoms with Gasteiger partial charge in [0.15, 0.2) is 5.78 Å². The molecule has 1 N–H and O–H groups in total. The number of carbonyl (C=O) groups is 1. The van der Waals surface area contributed by atoms with Crippen molar-refractivity contribution in [3.63, 3.8) is 0 Å². The molecule has 2 aromatic rings. The fraction of sp³-hybridized carbons (Fsp3) is 0.350. The lowest BCUT2D eigenvalue weighted by Crippen LogP contribution is -2.30. The molecule has 0 saturated carbocycles. The zero-order valence-electron chi connectivity index (χ0n) is 17.7.